The van der Waals surface area contributed by atoms with Crippen molar-refractivity contribution >= 4 is 46.7 Å². The molecular weight excluding hydrogens is 347 g/mol. The van der Waals surface area contributed by atoms with E-state index in [1.165, 1.54) is 14.2 Å². The highest BCUT2D eigenvalue weighted by Crippen LogP contribution is 2.41. The van der Waals surface area contributed by atoms with Gasteiger partial charge in [-0.15, -0.1) is 0 Å². The summed E-state index contributed by atoms with van der Waals surface area (Å²) in [7, 11) is 3.00. The van der Waals surface area contributed by atoms with E-state index in [9.17, 15) is 0 Å². The quantitative estimate of drug-likeness (QED) is 0.596. The van der Waals surface area contributed by atoms with Gasteiger partial charge < -0.3 is 9.47 Å². The van der Waals surface area contributed by atoms with Crippen LogP contribution in [0.2, 0.25) is 15.1 Å². The minimum Gasteiger partial charge on any atom is -0.494 e. The number of nitrogens with zero attached hydrogens (tertiary/aromatic N) is 1. The SMILES string of the molecule is COc1c(Cl)cc(C=NNc2cccc(Cl)c2)c(OC)c1Cl. The van der Waals surface area contributed by atoms with E-state index in [0.29, 0.717) is 32.1 Å². The van der Waals surface area contributed by atoms with Gasteiger partial charge in [-0.3, -0.25) is 5.43 Å². The van der Waals surface area contributed by atoms with Gasteiger partial charge in [-0.05, 0) is 24.3 Å². The number of hydrogen-bond acceptors (Lipinski definition) is 4. The lowest BCUT2D eigenvalue weighted by Gasteiger charge is -2.12. The van der Waals surface area contributed by atoms with Crippen LogP contribution in [-0.2, 0) is 0 Å². The molecule has 116 valence electrons. The molecule has 2 rings (SSSR count). The summed E-state index contributed by atoms with van der Waals surface area (Å²) in [4.78, 5) is 0. The minimum atomic E-state index is 0.293. The monoisotopic (exact) mass is 358 g/mol. The maximum atomic E-state index is 6.20. The van der Waals surface area contributed by atoms with Crippen molar-refractivity contribution in [2.45, 2.75) is 0 Å². The zero-order valence-corrected chi connectivity index (χ0v) is 14.1. The number of methoxy groups -OCH3 is 2. The Labute approximate surface area is 143 Å². The van der Waals surface area contributed by atoms with Crippen molar-refractivity contribution in [3.05, 3.63) is 51.0 Å². The zero-order valence-electron chi connectivity index (χ0n) is 11.9. The molecule has 0 aliphatic carbocycles. The van der Waals surface area contributed by atoms with Crippen LogP contribution in [0.4, 0.5) is 5.69 Å². The van der Waals surface area contributed by atoms with Crippen LogP contribution in [0.3, 0.4) is 0 Å². The Balaban J connectivity index is 2.27. The average molecular weight is 360 g/mol. The number of nitrogens with one attached hydrogen (secondary N) is 1. The summed E-state index contributed by atoms with van der Waals surface area (Å²) in [5.41, 5.74) is 4.24. The first-order chi connectivity index (χ1) is 10.6. The van der Waals surface area contributed by atoms with E-state index in [2.05, 4.69) is 10.5 Å². The molecule has 0 aliphatic rings. The van der Waals surface area contributed by atoms with E-state index < -0.39 is 0 Å². The normalized spacial score (nSPS) is 10.8. The van der Waals surface area contributed by atoms with Crippen molar-refractivity contribution in [1.82, 2.24) is 0 Å². The van der Waals surface area contributed by atoms with E-state index in [0.717, 1.165) is 5.69 Å². The highest BCUT2D eigenvalue weighted by atomic mass is 35.5. The van der Waals surface area contributed by atoms with Crippen molar-refractivity contribution in [3.8, 4) is 11.5 Å². The van der Waals surface area contributed by atoms with Crippen LogP contribution in [-0.4, -0.2) is 20.4 Å². The molecule has 0 unspecified atom stereocenters. The molecule has 0 atom stereocenters. The second-order valence-corrected chi connectivity index (χ2v) is 5.43. The molecule has 0 saturated heterocycles. The number of rotatable bonds is 5. The van der Waals surface area contributed by atoms with Crippen molar-refractivity contribution in [2.75, 3.05) is 19.6 Å². The molecule has 2 aromatic carbocycles. The number of hydrogen-bond donors (Lipinski definition) is 1. The molecular formula is C15H13Cl3N2O2. The Hall–Kier alpha value is -1.62. The summed E-state index contributed by atoms with van der Waals surface area (Å²) in [5, 5.41) is 5.41. The van der Waals surface area contributed by atoms with Gasteiger partial charge >= 0.3 is 0 Å². The van der Waals surface area contributed by atoms with E-state index >= 15 is 0 Å². The van der Waals surface area contributed by atoms with Crippen molar-refractivity contribution in [2.24, 2.45) is 5.10 Å². The molecule has 0 amide bonds. The largest absolute Gasteiger partial charge is 0.494 e. The molecule has 0 aromatic heterocycles. The summed E-state index contributed by atoms with van der Waals surface area (Å²) >= 11 is 18.2. The molecule has 0 spiro atoms. The summed E-state index contributed by atoms with van der Waals surface area (Å²) in [5.74, 6) is 0.791. The van der Waals surface area contributed by atoms with E-state index in [1.54, 1.807) is 24.4 Å². The molecule has 1 N–H and O–H groups in total. The molecule has 0 saturated carbocycles. The van der Waals surface area contributed by atoms with Crippen LogP contribution < -0.4 is 14.9 Å². The van der Waals surface area contributed by atoms with Gasteiger partial charge in [-0.2, -0.15) is 5.10 Å². The number of benzene rings is 2. The van der Waals surface area contributed by atoms with Crippen LogP contribution in [0.15, 0.2) is 35.4 Å². The van der Waals surface area contributed by atoms with Gasteiger partial charge in [0.15, 0.2) is 5.75 Å². The van der Waals surface area contributed by atoms with Gasteiger partial charge in [-0.25, -0.2) is 0 Å². The molecule has 4 nitrogen and oxygen atoms in total. The predicted octanol–water partition coefficient (Wildman–Crippen LogP) is 5.11. The number of ether oxygens (including phenoxy) is 2. The molecule has 2 aromatic rings. The molecule has 7 heteroatoms. The third kappa shape index (κ3) is 3.77. The fraction of sp³-hybridized carbons (Fsp3) is 0.133. The van der Waals surface area contributed by atoms with Crippen LogP contribution in [0.5, 0.6) is 11.5 Å². The van der Waals surface area contributed by atoms with Gasteiger partial charge in [0.2, 0.25) is 0 Å². The molecule has 0 aliphatic heterocycles. The molecule has 0 radical (unpaired) electrons. The lowest BCUT2D eigenvalue weighted by atomic mass is 10.2. The molecule has 0 bridgehead atoms. The van der Waals surface area contributed by atoms with E-state index in [1.807, 2.05) is 12.1 Å². The zero-order chi connectivity index (χ0) is 16.1. The second kappa shape index (κ2) is 7.58. The minimum absolute atomic E-state index is 0.293. The van der Waals surface area contributed by atoms with E-state index in [4.69, 9.17) is 44.3 Å². The summed E-state index contributed by atoms with van der Waals surface area (Å²) in [6, 6.07) is 8.86. The lowest BCUT2D eigenvalue weighted by molar-refractivity contribution is 0.394. The van der Waals surface area contributed by atoms with Crippen molar-refractivity contribution < 1.29 is 9.47 Å². The van der Waals surface area contributed by atoms with Crippen LogP contribution in [0.25, 0.3) is 0 Å². The Kier molecular flexibility index (Phi) is 5.77. The van der Waals surface area contributed by atoms with Gasteiger partial charge in [0.1, 0.15) is 10.8 Å². The first-order valence-electron chi connectivity index (χ1n) is 6.21. The second-order valence-electron chi connectivity index (χ2n) is 4.21. The average Bonchev–Trinajstić information content (AvgIpc) is 2.48. The Morgan fingerprint density at radius 2 is 1.77 bits per heavy atom. The smallest absolute Gasteiger partial charge is 0.159 e. The Morgan fingerprint density at radius 1 is 1.05 bits per heavy atom. The van der Waals surface area contributed by atoms with Crippen LogP contribution in [0.1, 0.15) is 5.56 Å². The first-order valence-corrected chi connectivity index (χ1v) is 7.34. The summed E-state index contributed by atoms with van der Waals surface area (Å²) < 4.78 is 10.4. The molecule has 0 heterocycles. The third-order valence-electron chi connectivity index (χ3n) is 2.79. The van der Waals surface area contributed by atoms with Gasteiger partial charge in [-0.1, -0.05) is 40.9 Å². The third-order valence-corrected chi connectivity index (χ3v) is 3.65. The standard InChI is InChI=1S/C15H13Cl3N2O2/c1-21-14-9(6-12(17)15(22-2)13(14)18)8-19-20-11-5-3-4-10(16)7-11/h3-8,20H,1-2H3. The number of halogens is 3. The fourth-order valence-corrected chi connectivity index (χ4v) is 2.72. The topological polar surface area (TPSA) is 42.8 Å². The van der Waals surface area contributed by atoms with E-state index in [-0.39, 0.29) is 0 Å². The van der Waals surface area contributed by atoms with Gasteiger partial charge in [0, 0.05) is 10.6 Å². The summed E-state index contributed by atoms with van der Waals surface area (Å²) in [6.07, 6.45) is 1.55. The van der Waals surface area contributed by atoms with Crippen molar-refractivity contribution in [3.63, 3.8) is 0 Å². The molecule has 22 heavy (non-hydrogen) atoms. The van der Waals surface area contributed by atoms with Crippen LogP contribution in [0, 0.1) is 0 Å². The van der Waals surface area contributed by atoms with Gasteiger partial charge in [0.25, 0.3) is 0 Å². The fourth-order valence-electron chi connectivity index (χ4n) is 1.83. The lowest BCUT2D eigenvalue weighted by Crippen LogP contribution is -1.97. The van der Waals surface area contributed by atoms with Crippen LogP contribution >= 0.6 is 34.8 Å². The Morgan fingerprint density at radius 3 is 2.41 bits per heavy atom. The van der Waals surface area contributed by atoms with Crippen molar-refractivity contribution in [1.29, 1.82) is 0 Å². The van der Waals surface area contributed by atoms with Gasteiger partial charge in [0.05, 0.1) is 31.1 Å². The number of hydrazone groups is 1. The number of anilines is 1. The predicted molar refractivity (Wildman–Crippen MR) is 92.2 cm³/mol. The summed E-state index contributed by atoms with van der Waals surface area (Å²) in [6.45, 7) is 0. The maximum absolute atomic E-state index is 6.20. The highest BCUT2D eigenvalue weighted by molar-refractivity contribution is 6.38. The molecule has 0 fully saturated rings. The first kappa shape index (κ1) is 16.7. The highest BCUT2D eigenvalue weighted by Gasteiger charge is 2.16. The maximum Gasteiger partial charge on any atom is 0.159 e. The Bertz CT molecular complexity index is 705.